The summed E-state index contributed by atoms with van der Waals surface area (Å²) in [5.74, 6) is 0. The molecule has 2 heterocycles. The van der Waals surface area contributed by atoms with E-state index < -0.39 is 0 Å². The predicted molar refractivity (Wildman–Crippen MR) is 45.6 cm³/mol. The van der Waals surface area contributed by atoms with Gasteiger partial charge in [0, 0.05) is 0 Å². The standard InChI is InChI=1S/C8H5ClN2O/c9-8-3-1-2-7-6(5-12)4-10-11(7)8/h1-5H. The van der Waals surface area contributed by atoms with Gasteiger partial charge in [0.1, 0.15) is 5.15 Å². The van der Waals surface area contributed by atoms with Gasteiger partial charge < -0.3 is 0 Å². The van der Waals surface area contributed by atoms with Gasteiger partial charge in [0.25, 0.3) is 0 Å². The van der Waals surface area contributed by atoms with Crippen molar-refractivity contribution in [3.63, 3.8) is 0 Å². The lowest BCUT2D eigenvalue weighted by Gasteiger charge is -1.94. The third-order valence-electron chi connectivity index (χ3n) is 1.65. The highest BCUT2D eigenvalue weighted by Crippen LogP contribution is 2.14. The highest BCUT2D eigenvalue weighted by molar-refractivity contribution is 6.29. The molecular weight excluding hydrogens is 176 g/mol. The number of pyridine rings is 1. The number of hydrogen-bond acceptors (Lipinski definition) is 2. The molecule has 0 saturated carbocycles. The maximum absolute atomic E-state index is 10.5. The van der Waals surface area contributed by atoms with E-state index in [0.29, 0.717) is 10.7 Å². The summed E-state index contributed by atoms with van der Waals surface area (Å²) >= 11 is 5.81. The molecule has 0 spiro atoms. The lowest BCUT2D eigenvalue weighted by Crippen LogP contribution is -1.87. The molecule has 0 aliphatic rings. The normalized spacial score (nSPS) is 10.4. The fraction of sp³-hybridized carbons (Fsp3) is 0. The van der Waals surface area contributed by atoms with E-state index in [1.807, 2.05) is 0 Å². The molecule has 0 N–H and O–H groups in total. The summed E-state index contributed by atoms with van der Waals surface area (Å²) in [5.41, 5.74) is 1.29. The molecule has 0 bridgehead atoms. The van der Waals surface area contributed by atoms with Gasteiger partial charge in [-0.3, -0.25) is 4.79 Å². The van der Waals surface area contributed by atoms with Gasteiger partial charge in [-0.1, -0.05) is 17.7 Å². The smallest absolute Gasteiger partial charge is 0.153 e. The van der Waals surface area contributed by atoms with E-state index in [1.54, 1.807) is 18.2 Å². The summed E-state index contributed by atoms with van der Waals surface area (Å²) in [5, 5.41) is 4.44. The third-order valence-corrected chi connectivity index (χ3v) is 1.94. The van der Waals surface area contributed by atoms with Gasteiger partial charge in [0.15, 0.2) is 6.29 Å². The topological polar surface area (TPSA) is 34.4 Å². The quantitative estimate of drug-likeness (QED) is 0.496. The first-order chi connectivity index (χ1) is 5.83. The second-order valence-electron chi connectivity index (χ2n) is 2.36. The van der Waals surface area contributed by atoms with E-state index in [-0.39, 0.29) is 0 Å². The van der Waals surface area contributed by atoms with Crippen LogP contribution in [0, 0.1) is 0 Å². The van der Waals surface area contributed by atoms with Crippen molar-refractivity contribution in [2.75, 3.05) is 0 Å². The van der Waals surface area contributed by atoms with E-state index in [9.17, 15) is 4.79 Å². The molecular formula is C8H5ClN2O. The Morgan fingerprint density at radius 1 is 1.50 bits per heavy atom. The van der Waals surface area contributed by atoms with Crippen molar-refractivity contribution in [2.24, 2.45) is 0 Å². The van der Waals surface area contributed by atoms with Gasteiger partial charge in [-0.2, -0.15) is 5.10 Å². The summed E-state index contributed by atoms with van der Waals surface area (Å²) in [7, 11) is 0. The molecule has 0 atom stereocenters. The Bertz CT molecular complexity index is 436. The van der Waals surface area contributed by atoms with Crippen LogP contribution >= 0.6 is 11.6 Å². The number of aldehydes is 1. The predicted octanol–water partition coefficient (Wildman–Crippen LogP) is 1.80. The third kappa shape index (κ3) is 0.905. The minimum absolute atomic E-state index is 0.501. The maximum Gasteiger partial charge on any atom is 0.153 e. The number of carbonyl (C=O) groups excluding carboxylic acids is 1. The van der Waals surface area contributed by atoms with Crippen molar-refractivity contribution in [1.29, 1.82) is 0 Å². The Hall–Kier alpha value is -1.35. The first-order valence-electron chi connectivity index (χ1n) is 3.40. The zero-order valence-corrected chi connectivity index (χ0v) is 6.82. The number of hydrogen-bond donors (Lipinski definition) is 0. The molecule has 0 aromatic carbocycles. The molecule has 0 amide bonds. The van der Waals surface area contributed by atoms with E-state index in [1.165, 1.54) is 10.7 Å². The van der Waals surface area contributed by atoms with Crippen LogP contribution in [0.4, 0.5) is 0 Å². The molecule has 0 aliphatic carbocycles. The van der Waals surface area contributed by atoms with E-state index in [4.69, 9.17) is 11.6 Å². The zero-order valence-electron chi connectivity index (χ0n) is 6.07. The molecule has 60 valence electrons. The van der Waals surface area contributed by atoms with Crippen LogP contribution in [0.15, 0.2) is 24.4 Å². The summed E-state index contributed by atoms with van der Waals surface area (Å²) in [6.45, 7) is 0. The zero-order chi connectivity index (χ0) is 8.55. The molecule has 0 radical (unpaired) electrons. The monoisotopic (exact) mass is 180 g/mol. The second kappa shape index (κ2) is 2.60. The van der Waals surface area contributed by atoms with E-state index in [2.05, 4.69) is 5.10 Å². The number of rotatable bonds is 1. The van der Waals surface area contributed by atoms with E-state index >= 15 is 0 Å². The van der Waals surface area contributed by atoms with Crippen LogP contribution in [0.3, 0.4) is 0 Å². The van der Waals surface area contributed by atoms with E-state index in [0.717, 1.165) is 11.8 Å². The average molecular weight is 181 g/mol. The Morgan fingerprint density at radius 2 is 2.33 bits per heavy atom. The Morgan fingerprint density at radius 3 is 3.08 bits per heavy atom. The fourth-order valence-corrected chi connectivity index (χ4v) is 1.30. The number of aromatic nitrogens is 2. The van der Waals surface area contributed by atoms with Crippen molar-refractivity contribution in [1.82, 2.24) is 9.61 Å². The lowest BCUT2D eigenvalue weighted by molar-refractivity contribution is 0.112. The van der Waals surface area contributed by atoms with Crippen LogP contribution in [0.2, 0.25) is 5.15 Å². The van der Waals surface area contributed by atoms with Crippen LogP contribution in [-0.4, -0.2) is 15.9 Å². The fourth-order valence-electron chi connectivity index (χ4n) is 1.09. The van der Waals surface area contributed by atoms with Gasteiger partial charge in [0.2, 0.25) is 0 Å². The van der Waals surface area contributed by atoms with Crippen molar-refractivity contribution in [3.05, 3.63) is 35.1 Å². The highest BCUT2D eigenvalue weighted by atomic mass is 35.5. The molecule has 0 unspecified atom stereocenters. The van der Waals surface area contributed by atoms with Gasteiger partial charge >= 0.3 is 0 Å². The van der Waals surface area contributed by atoms with Crippen molar-refractivity contribution < 1.29 is 4.79 Å². The van der Waals surface area contributed by atoms with Crippen LogP contribution < -0.4 is 0 Å². The molecule has 4 heteroatoms. The summed E-state index contributed by atoms with van der Waals surface area (Å²) in [4.78, 5) is 10.5. The van der Waals surface area contributed by atoms with Gasteiger partial charge in [0.05, 0.1) is 17.3 Å². The second-order valence-corrected chi connectivity index (χ2v) is 2.75. The van der Waals surface area contributed by atoms with Crippen molar-refractivity contribution >= 4 is 23.4 Å². The Balaban J connectivity index is 2.88. The van der Waals surface area contributed by atoms with Crippen LogP contribution in [-0.2, 0) is 0 Å². The van der Waals surface area contributed by atoms with Gasteiger partial charge in [-0.05, 0) is 12.1 Å². The number of nitrogens with zero attached hydrogens (tertiary/aromatic N) is 2. The number of halogens is 1. The minimum Gasteiger partial charge on any atom is -0.298 e. The highest BCUT2D eigenvalue weighted by Gasteiger charge is 2.03. The molecule has 2 aromatic heterocycles. The first-order valence-corrected chi connectivity index (χ1v) is 3.78. The molecule has 2 rings (SSSR count). The first kappa shape index (κ1) is 7.31. The van der Waals surface area contributed by atoms with Crippen LogP contribution in [0.1, 0.15) is 10.4 Å². The molecule has 0 aliphatic heterocycles. The molecule has 0 saturated heterocycles. The SMILES string of the molecule is O=Cc1cnn2c(Cl)cccc12. The largest absolute Gasteiger partial charge is 0.298 e. The minimum atomic E-state index is 0.501. The number of fused-ring (bicyclic) bond motifs is 1. The van der Waals surface area contributed by atoms with Crippen molar-refractivity contribution in [3.8, 4) is 0 Å². The number of carbonyl (C=O) groups is 1. The van der Waals surface area contributed by atoms with Crippen LogP contribution in [0.5, 0.6) is 0 Å². The Labute approximate surface area is 73.6 Å². The van der Waals surface area contributed by atoms with Gasteiger partial charge in [-0.15, -0.1) is 0 Å². The lowest BCUT2D eigenvalue weighted by atomic mass is 10.3. The maximum atomic E-state index is 10.5. The van der Waals surface area contributed by atoms with Crippen LogP contribution in [0.25, 0.3) is 5.52 Å². The molecule has 12 heavy (non-hydrogen) atoms. The van der Waals surface area contributed by atoms with Crippen molar-refractivity contribution in [2.45, 2.75) is 0 Å². The average Bonchev–Trinajstić information content (AvgIpc) is 2.49. The molecule has 2 aromatic rings. The summed E-state index contributed by atoms with van der Waals surface area (Å²) < 4.78 is 1.52. The summed E-state index contributed by atoms with van der Waals surface area (Å²) in [6.07, 6.45) is 2.26. The summed E-state index contributed by atoms with van der Waals surface area (Å²) in [6, 6.07) is 5.30. The molecule has 3 nitrogen and oxygen atoms in total. The molecule has 0 fully saturated rings. The Kier molecular flexibility index (Phi) is 1.59. The van der Waals surface area contributed by atoms with Gasteiger partial charge in [-0.25, -0.2) is 4.52 Å².